The van der Waals surface area contributed by atoms with E-state index in [9.17, 15) is 4.79 Å². The summed E-state index contributed by atoms with van der Waals surface area (Å²) in [5, 5.41) is 0. The van der Waals surface area contributed by atoms with Crippen molar-refractivity contribution in [2.24, 2.45) is 5.41 Å². The number of para-hydroxylation sites is 2. The first-order valence-corrected chi connectivity index (χ1v) is 7.69. The number of ether oxygens (including phenoxy) is 1. The number of hydrogen-bond acceptors (Lipinski definition) is 5. The zero-order valence-electron chi connectivity index (χ0n) is 13.3. The van der Waals surface area contributed by atoms with Crippen LogP contribution in [0.4, 0.5) is 5.82 Å². The molecule has 0 N–H and O–H groups in total. The van der Waals surface area contributed by atoms with E-state index in [-0.39, 0.29) is 5.97 Å². The lowest BCUT2D eigenvalue weighted by molar-refractivity contribution is -0.153. The second kappa shape index (κ2) is 5.55. The topological polar surface area (TPSA) is 55.3 Å². The van der Waals surface area contributed by atoms with Crippen molar-refractivity contribution in [2.75, 3.05) is 24.6 Å². The summed E-state index contributed by atoms with van der Waals surface area (Å²) < 4.78 is 5.21. The van der Waals surface area contributed by atoms with Crippen LogP contribution in [0.3, 0.4) is 0 Å². The minimum Gasteiger partial charge on any atom is -0.466 e. The van der Waals surface area contributed by atoms with Gasteiger partial charge in [-0.3, -0.25) is 4.79 Å². The molecular weight excluding hydrogens is 278 g/mol. The quantitative estimate of drug-likeness (QED) is 0.816. The standard InChI is InChI=1S/C17H21N3O2/c1-4-22-16(21)17(3)9-10-20(11-17)15-12(2)18-13-7-5-6-8-14(13)19-15/h5-8H,4,9-11H2,1-3H3. The number of aromatic nitrogens is 2. The summed E-state index contributed by atoms with van der Waals surface area (Å²) in [7, 11) is 0. The highest BCUT2D eigenvalue weighted by molar-refractivity contribution is 5.79. The molecule has 1 aliphatic heterocycles. The maximum absolute atomic E-state index is 12.2. The molecule has 1 aliphatic rings. The van der Waals surface area contributed by atoms with Crippen LogP contribution in [0.2, 0.25) is 0 Å². The Morgan fingerprint density at radius 3 is 2.68 bits per heavy atom. The summed E-state index contributed by atoms with van der Waals surface area (Å²) in [6, 6.07) is 7.85. The van der Waals surface area contributed by atoms with Crippen LogP contribution >= 0.6 is 0 Å². The molecule has 0 radical (unpaired) electrons. The summed E-state index contributed by atoms with van der Waals surface area (Å²) in [4.78, 5) is 23.7. The van der Waals surface area contributed by atoms with Gasteiger partial charge in [-0.2, -0.15) is 0 Å². The van der Waals surface area contributed by atoms with Crippen LogP contribution in [-0.2, 0) is 9.53 Å². The molecule has 2 heterocycles. The number of carbonyl (C=O) groups is 1. The lowest BCUT2D eigenvalue weighted by atomic mass is 9.90. The summed E-state index contributed by atoms with van der Waals surface area (Å²) in [6.07, 6.45) is 0.778. The SMILES string of the molecule is CCOC(=O)C1(C)CCN(c2nc3ccccc3nc2C)C1. The Morgan fingerprint density at radius 1 is 1.32 bits per heavy atom. The van der Waals surface area contributed by atoms with Crippen molar-refractivity contribution in [3.05, 3.63) is 30.0 Å². The van der Waals surface area contributed by atoms with E-state index in [0.717, 1.165) is 35.5 Å². The number of hydrogen-bond donors (Lipinski definition) is 0. The van der Waals surface area contributed by atoms with E-state index in [4.69, 9.17) is 9.72 Å². The van der Waals surface area contributed by atoms with Crippen LogP contribution in [0.25, 0.3) is 11.0 Å². The Labute approximate surface area is 130 Å². The Morgan fingerprint density at radius 2 is 2.00 bits per heavy atom. The van der Waals surface area contributed by atoms with E-state index in [1.165, 1.54) is 0 Å². The maximum atomic E-state index is 12.2. The Balaban J connectivity index is 1.89. The third kappa shape index (κ3) is 2.51. The highest BCUT2D eigenvalue weighted by Crippen LogP contribution is 2.35. The number of aryl methyl sites for hydroxylation is 1. The van der Waals surface area contributed by atoms with Crippen LogP contribution in [0.1, 0.15) is 26.0 Å². The first-order chi connectivity index (χ1) is 10.5. The fourth-order valence-electron chi connectivity index (χ4n) is 2.99. The van der Waals surface area contributed by atoms with Crippen molar-refractivity contribution in [1.82, 2.24) is 9.97 Å². The lowest BCUT2D eigenvalue weighted by Crippen LogP contribution is -2.34. The molecule has 1 atom stereocenters. The van der Waals surface area contributed by atoms with Crippen LogP contribution in [0, 0.1) is 12.3 Å². The number of esters is 1. The molecule has 0 bridgehead atoms. The largest absolute Gasteiger partial charge is 0.466 e. The highest BCUT2D eigenvalue weighted by Gasteiger charge is 2.42. The van der Waals surface area contributed by atoms with E-state index in [1.807, 2.05) is 45.0 Å². The van der Waals surface area contributed by atoms with Crippen molar-refractivity contribution in [1.29, 1.82) is 0 Å². The zero-order chi connectivity index (χ0) is 15.7. The maximum Gasteiger partial charge on any atom is 0.313 e. The number of benzene rings is 1. The molecule has 1 aromatic carbocycles. The number of carbonyl (C=O) groups excluding carboxylic acids is 1. The number of rotatable bonds is 3. The van der Waals surface area contributed by atoms with Gasteiger partial charge in [0.05, 0.1) is 28.7 Å². The Hall–Kier alpha value is -2.17. The minimum absolute atomic E-state index is 0.121. The van der Waals surface area contributed by atoms with E-state index in [2.05, 4.69) is 9.88 Å². The fraction of sp³-hybridized carbons (Fsp3) is 0.471. The van der Waals surface area contributed by atoms with E-state index >= 15 is 0 Å². The van der Waals surface area contributed by atoms with Crippen LogP contribution < -0.4 is 4.90 Å². The molecule has 1 saturated heterocycles. The molecule has 0 aliphatic carbocycles. The van der Waals surface area contributed by atoms with Gasteiger partial charge >= 0.3 is 5.97 Å². The first kappa shape index (κ1) is 14.8. The van der Waals surface area contributed by atoms with Gasteiger partial charge in [0.25, 0.3) is 0 Å². The normalized spacial score (nSPS) is 21.3. The van der Waals surface area contributed by atoms with Crippen molar-refractivity contribution in [3.8, 4) is 0 Å². The molecule has 1 unspecified atom stereocenters. The molecule has 1 aromatic heterocycles. The minimum atomic E-state index is -0.463. The summed E-state index contributed by atoms with van der Waals surface area (Å²) in [5.74, 6) is 0.746. The molecule has 3 rings (SSSR count). The summed E-state index contributed by atoms with van der Waals surface area (Å²) in [6.45, 7) is 7.61. The molecule has 0 amide bonds. The van der Waals surface area contributed by atoms with Crippen LogP contribution in [-0.4, -0.2) is 35.6 Å². The van der Waals surface area contributed by atoms with Crippen molar-refractivity contribution < 1.29 is 9.53 Å². The molecule has 22 heavy (non-hydrogen) atoms. The lowest BCUT2D eigenvalue weighted by Gasteiger charge is -2.23. The third-order valence-corrected chi connectivity index (χ3v) is 4.26. The molecule has 0 saturated carbocycles. The number of nitrogens with zero attached hydrogens (tertiary/aromatic N) is 3. The summed E-state index contributed by atoms with van der Waals surface area (Å²) in [5.41, 5.74) is 2.21. The molecule has 0 spiro atoms. The number of fused-ring (bicyclic) bond motifs is 1. The highest BCUT2D eigenvalue weighted by atomic mass is 16.5. The Kier molecular flexibility index (Phi) is 3.72. The van der Waals surface area contributed by atoms with Gasteiger partial charge in [0.2, 0.25) is 0 Å². The van der Waals surface area contributed by atoms with Gasteiger partial charge in [0.15, 0.2) is 5.82 Å². The van der Waals surface area contributed by atoms with E-state index in [0.29, 0.717) is 13.2 Å². The predicted molar refractivity (Wildman–Crippen MR) is 85.8 cm³/mol. The van der Waals surface area contributed by atoms with Gasteiger partial charge in [-0.25, -0.2) is 9.97 Å². The van der Waals surface area contributed by atoms with Crippen LogP contribution in [0.15, 0.2) is 24.3 Å². The monoisotopic (exact) mass is 299 g/mol. The molecule has 1 fully saturated rings. The van der Waals surface area contributed by atoms with Crippen LogP contribution in [0.5, 0.6) is 0 Å². The second-order valence-electron chi connectivity index (χ2n) is 6.07. The van der Waals surface area contributed by atoms with Gasteiger partial charge in [-0.15, -0.1) is 0 Å². The van der Waals surface area contributed by atoms with Gasteiger partial charge in [-0.1, -0.05) is 12.1 Å². The van der Waals surface area contributed by atoms with Gasteiger partial charge in [-0.05, 0) is 39.3 Å². The second-order valence-corrected chi connectivity index (χ2v) is 6.07. The van der Waals surface area contributed by atoms with Gasteiger partial charge in [0.1, 0.15) is 0 Å². The summed E-state index contributed by atoms with van der Waals surface area (Å²) >= 11 is 0. The van der Waals surface area contributed by atoms with E-state index < -0.39 is 5.41 Å². The van der Waals surface area contributed by atoms with Gasteiger partial charge in [0, 0.05) is 13.1 Å². The molecule has 5 nitrogen and oxygen atoms in total. The first-order valence-electron chi connectivity index (χ1n) is 7.69. The van der Waals surface area contributed by atoms with E-state index in [1.54, 1.807) is 0 Å². The molecule has 2 aromatic rings. The fourth-order valence-corrected chi connectivity index (χ4v) is 2.99. The Bertz CT molecular complexity index is 716. The average Bonchev–Trinajstić information content (AvgIpc) is 2.90. The van der Waals surface area contributed by atoms with Gasteiger partial charge < -0.3 is 9.64 Å². The molecular formula is C17H21N3O2. The van der Waals surface area contributed by atoms with Crippen molar-refractivity contribution in [2.45, 2.75) is 27.2 Å². The van der Waals surface area contributed by atoms with Crippen molar-refractivity contribution in [3.63, 3.8) is 0 Å². The molecule has 116 valence electrons. The smallest absolute Gasteiger partial charge is 0.313 e. The third-order valence-electron chi connectivity index (χ3n) is 4.26. The molecule has 5 heteroatoms. The predicted octanol–water partition coefficient (Wildman–Crippen LogP) is 2.72. The van der Waals surface area contributed by atoms with Crippen molar-refractivity contribution >= 4 is 22.8 Å². The average molecular weight is 299 g/mol. The zero-order valence-corrected chi connectivity index (χ0v) is 13.3. The number of anilines is 1.